The predicted molar refractivity (Wildman–Crippen MR) is 83.4 cm³/mol. The summed E-state index contributed by atoms with van der Waals surface area (Å²) >= 11 is 0. The van der Waals surface area contributed by atoms with Crippen molar-refractivity contribution < 1.29 is 23.1 Å². The minimum Gasteiger partial charge on any atom is -0.379 e. The minimum atomic E-state index is -4.70. The van der Waals surface area contributed by atoms with Crippen LogP contribution in [0.1, 0.15) is 24.8 Å². The molecule has 24 heavy (non-hydrogen) atoms. The summed E-state index contributed by atoms with van der Waals surface area (Å²) in [6.07, 6.45) is -1.85. The Morgan fingerprint density at radius 3 is 2.79 bits per heavy atom. The van der Waals surface area contributed by atoms with Crippen molar-refractivity contribution in [3.8, 4) is 0 Å². The second-order valence-electron chi connectivity index (χ2n) is 6.31. The van der Waals surface area contributed by atoms with Crippen LogP contribution in [-0.4, -0.2) is 45.8 Å². The molecule has 130 valence electrons. The van der Waals surface area contributed by atoms with E-state index in [4.69, 9.17) is 0 Å². The number of benzene rings is 1. The molecule has 1 fully saturated rings. The van der Waals surface area contributed by atoms with Gasteiger partial charge in [-0.15, -0.1) is 0 Å². The Bertz CT molecular complexity index is 741. The normalized spacial score (nSPS) is 21.6. The molecule has 2 N–H and O–H groups in total. The van der Waals surface area contributed by atoms with Crippen molar-refractivity contribution in [2.75, 3.05) is 13.1 Å². The van der Waals surface area contributed by atoms with Crippen molar-refractivity contribution in [2.24, 2.45) is 0 Å². The quantitative estimate of drug-likeness (QED) is 0.899. The van der Waals surface area contributed by atoms with E-state index in [9.17, 15) is 23.1 Å². The first kappa shape index (κ1) is 16.8. The zero-order chi connectivity index (χ0) is 17.4. The maximum absolute atomic E-state index is 12.8. The number of aliphatic hydroxyl groups is 1. The summed E-state index contributed by atoms with van der Waals surface area (Å²) in [5, 5.41) is 10.7. The monoisotopic (exact) mass is 340 g/mol. The van der Waals surface area contributed by atoms with Gasteiger partial charge in [0.15, 0.2) is 5.60 Å². The zero-order valence-electron chi connectivity index (χ0n) is 13.1. The van der Waals surface area contributed by atoms with Crippen molar-refractivity contribution in [3.05, 3.63) is 36.0 Å². The van der Waals surface area contributed by atoms with Crippen molar-refractivity contribution >= 4 is 16.8 Å². The second kappa shape index (κ2) is 6.12. The summed E-state index contributed by atoms with van der Waals surface area (Å²) in [5.41, 5.74) is -0.653. The van der Waals surface area contributed by atoms with Gasteiger partial charge in [-0.1, -0.05) is 18.2 Å². The Balaban J connectivity index is 1.53. The lowest BCUT2D eigenvalue weighted by atomic mass is 10.0. The number of para-hydroxylation sites is 1. The van der Waals surface area contributed by atoms with Crippen LogP contribution in [0.4, 0.5) is 13.2 Å². The molecular formula is C17H19F3N2O2. The van der Waals surface area contributed by atoms with E-state index in [2.05, 4.69) is 4.98 Å². The van der Waals surface area contributed by atoms with E-state index in [-0.39, 0.29) is 18.9 Å². The van der Waals surface area contributed by atoms with Crippen LogP contribution in [0.2, 0.25) is 0 Å². The molecule has 0 spiro atoms. The molecule has 0 aliphatic carbocycles. The first-order valence-electron chi connectivity index (χ1n) is 7.92. The first-order chi connectivity index (χ1) is 11.3. The van der Waals surface area contributed by atoms with Gasteiger partial charge >= 0.3 is 6.18 Å². The largest absolute Gasteiger partial charge is 0.419 e. The number of nitrogens with zero attached hydrogens (tertiary/aromatic N) is 1. The SMILES string of the molecule is O=C(CCCc1c[nH]c2ccccc12)N1CC[C@](O)(C(F)(F)F)C1. The molecule has 1 amide bonds. The molecule has 1 aliphatic rings. The van der Waals surface area contributed by atoms with Gasteiger partial charge in [-0.3, -0.25) is 4.79 Å². The summed E-state index contributed by atoms with van der Waals surface area (Å²) in [5.74, 6) is -0.338. The standard InChI is InChI=1S/C17H19F3N2O2/c18-17(19,20)16(24)8-9-22(11-16)15(23)7-3-4-12-10-21-14-6-2-1-5-13(12)14/h1-2,5-6,10,21,24H,3-4,7-9,11H2/t16-/m1/s1. The highest BCUT2D eigenvalue weighted by atomic mass is 19.4. The molecule has 1 aliphatic heterocycles. The van der Waals surface area contributed by atoms with Gasteiger partial charge in [-0.05, 0) is 24.5 Å². The van der Waals surface area contributed by atoms with Crippen LogP contribution in [0.15, 0.2) is 30.5 Å². The van der Waals surface area contributed by atoms with Gasteiger partial charge in [-0.25, -0.2) is 0 Å². The average Bonchev–Trinajstić information content (AvgIpc) is 3.12. The van der Waals surface area contributed by atoms with E-state index in [1.807, 2.05) is 30.5 Å². The molecule has 2 aromatic rings. The number of hydrogen-bond donors (Lipinski definition) is 2. The molecule has 0 radical (unpaired) electrons. The van der Waals surface area contributed by atoms with Crippen LogP contribution in [-0.2, 0) is 11.2 Å². The molecule has 4 nitrogen and oxygen atoms in total. The van der Waals surface area contributed by atoms with Crippen LogP contribution in [0.5, 0.6) is 0 Å². The number of aromatic amines is 1. The third-order valence-electron chi connectivity index (χ3n) is 4.64. The Morgan fingerprint density at radius 2 is 2.08 bits per heavy atom. The third-order valence-corrected chi connectivity index (χ3v) is 4.64. The number of fused-ring (bicyclic) bond motifs is 1. The number of carbonyl (C=O) groups excluding carboxylic acids is 1. The number of aryl methyl sites for hydroxylation is 1. The van der Waals surface area contributed by atoms with E-state index in [0.29, 0.717) is 12.8 Å². The highest BCUT2D eigenvalue weighted by Crippen LogP contribution is 2.37. The lowest BCUT2D eigenvalue weighted by Gasteiger charge is -2.25. The number of hydrogen-bond acceptors (Lipinski definition) is 2. The van der Waals surface area contributed by atoms with E-state index < -0.39 is 24.7 Å². The Kier molecular flexibility index (Phi) is 4.29. The Labute approximate surface area is 137 Å². The molecular weight excluding hydrogens is 321 g/mol. The van der Waals surface area contributed by atoms with Gasteiger partial charge in [0.1, 0.15) is 0 Å². The van der Waals surface area contributed by atoms with E-state index in [0.717, 1.165) is 21.4 Å². The topological polar surface area (TPSA) is 56.3 Å². The van der Waals surface area contributed by atoms with Gasteiger partial charge in [0.05, 0.1) is 6.54 Å². The maximum atomic E-state index is 12.8. The minimum absolute atomic E-state index is 0.0536. The Morgan fingerprint density at radius 1 is 1.33 bits per heavy atom. The molecule has 7 heteroatoms. The van der Waals surface area contributed by atoms with Gasteiger partial charge in [0.2, 0.25) is 5.91 Å². The number of carbonyl (C=O) groups is 1. The van der Waals surface area contributed by atoms with Crippen LogP contribution >= 0.6 is 0 Å². The van der Waals surface area contributed by atoms with Gasteiger partial charge < -0.3 is 15.0 Å². The average molecular weight is 340 g/mol. The number of β-amino-alcohol motifs (C(OH)–C–C–N with tert-alkyl or cyclic N) is 1. The van der Waals surface area contributed by atoms with E-state index in [1.54, 1.807) is 0 Å². The molecule has 1 aromatic heterocycles. The third kappa shape index (κ3) is 3.13. The zero-order valence-corrected chi connectivity index (χ0v) is 13.1. The lowest BCUT2D eigenvalue weighted by Crippen LogP contribution is -2.48. The fraction of sp³-hybridized carbons (Fsp3) is 0.471. The fourth-order valence-electron chi connectivity index (χ4n) is 3.16. The number of halogens is 3. The second-order valence-corrected chi connectivity index (χ2v) is 6.31. The molecule has 0 bridgehead atoms. The highest BCUT2D eigenvalue weighted by Gasteiger charge is 2.57. The molecule has 0 unspecified atom stereocenters. The van der Waals surface area contributed by atoms with Crippen molar-refractivity contribution in [1.82, 2.24) is 9.88 Å². The van der Waals surface area contributed by atoms with Crippen LogP contribution < -0.4 is 0 Å². The van der Waals surface area contributed by atoms with Crippen LogP contribution in [0.3, 0.4) is 0 Å². The van der Waals surface area contributed by atoms with E-state index in [1.165, 1.54) is 0 Å². The van der Waals surface area contributed by atoms with Gasteiger partial charge in [0, 0.05) is 36.5 Å². The van der Waals surface area contributed by atoms with Crippen molar-refractivity contribution in [3.63, 3.8) is 0 Å². The summed E-state index contributed by atoms with van der Waals surface area (Å²) in [6, 6.07) is 7.83. The number of rotatable bonds is 4. The number of amides is 1. The summed E-state index contributed by atoms with van der Waals surface area (Å²) in [7, 11) is 0. The summed E-state index contributed by atoms with van der Waals surface area (Å²) in [6.45, 7) is -0.718. The van der Waals surface area contributed by atoms with Gasteiger partial charge in [-0.2, -0.15) is 13.2 Å². The first-order valence-corrected chi connectivity index (χ1v) is 7.92. The lowest BCUT2D eigenvalue weighted by molar-refractivity contribution is -0.253. The van der Waals surface area contributed by atoms with Gasteiger partial charge in [0.25, 0.3) is 0 Å². The molecule has 0 saturated carbocycles. The maximum Gasteiger partial charge on any atom is 0.419 e. The van der Waals surface area contributed by atoms with E-state index >= 15 is 0 Å². The number of aromatic nitrogens is 1. The number of alkyl halides is 3. The smallest absolute Gasteiger partial charge is 0.379 e. The van der Waals surface area contributed by atoms with Crippen LogP contribution in [0, 0.1) is 0 Å². The fourth-order valence-corrected chi connectivity index (χ4v) is 3.16. The molecule has 3 rings (SSSR count). The van der Waals surface area contributed by atoms with Crippen molar-refractivity contribution in [1.29, 1.82) is 0 Å². The molecule has 1 atom stereocenters. The van der Waals surface area contributed by atoms with Crippen molar-refractivity contribution in [2.45, 2.75) is 37.5 Å². The summed E-state index contributed by atoms with van der Waals surface area (Å²) in [4.78, 5) is 16.4. The molecule has 1 aromatic carbocycles. The highest BCUT2D eigenvalue weighted by molar-refractivity contribution is 5.83. The molecule has 2 heterocycles. The van der Waals surface area contributed by atoms with Crippen LogP contribution in [0.25, 0.3) is 10.9 Å². The number of likely N-dealkylation sites (tertiary alicyclic amines) is 1. The number of nitrogens with one attached hydrogen (secondary N) is 1. The Hall–Kier alpha value is -2.02. The summed E-state index contributed by atoms with van der Waals surface area (Å²) < 4.78 is 38.3. The predicted octanol–water partition coefficient (Wildman–Crippen LogP) is 3.02. The number of H-pyrrole nitrogens is 1. The molecule has 1 saturated heterocycles.